The third-order valence-electron chi connectivity index (χ3n) is 2.59. The number of carbonyl (C=O) groups excluding carboxylic acids is 1. The summed E-state index contributed by atoms with van der Waals surface area (Å²) in [6, 6.07) is 12.6. The van der Waals surface area contributed by atoms with Gasteiger partial charge in [0, 0.05) is 11.2 Å². The van der Waals surface area contributed by atoms with Gasteiger partial charge in [0.05, 0.1) is 6.04 Å². The van der Waals surface area contributed by atoms with Gasteiger partial charge in [-0.3, -0.25) is 9.78 Å². The van der Waals surface area contributed by atoms with Crippen molar-refractivity contribution in [2.45, 2.75) is 13.0 Å². The highest BCUT2D eigenvalue weighted by Gasteiger charge is 2.12. The minimum Gasteiger partial charge on any atom is -0.344 e. The molecule has 0 spiro atoms. The summed E-state index contributed by atoms with van der Waals surface area (Å²) < 4.78 is 0. The maximum absolute atomic E-state index is 11.9. The average molecular weight is 261 g/mol. The molecule has 1 N–H and O–H groups in total. The first-order valence-corrected chi connectivity index (χ1v) is 6.02. The topological polar surface area (TPSA) is 42.0 Å². The Bertz CT molecular complexity index is 543. The lowest BCUT2D eigenvalue weighted by molar-refractivity contribution is 0.0935. The predicted octanol–water partition coefficient (Wildman–Crippen LogP) is 3.23. The molecular weight excluding hydrogens is 248 g/mol. The van der Waals surface area contributed by atoms with E-state index >= 15 is 0 Å². The van der Waals surface area contributed by atoms with Crippen LogP contribution in [-0.4, -0.2) is 10.9 Å². The minimum atomic E-state index is -0.192. The number of halogens is 1. The van der Waals surface area contributed by atoms with Gasteiger partial charge in [0.15, 0.2) is 0 Å². The van der Waals surface area contributed by atoms with E-state index in [1.165, 1.54) is 0 Å². The van der Waals surface area contributed by atoms with E-state index in [4.69, 9.17) is 11.6 Å². The zero-order chi connectivity index (χ0) is 13.0. The highest BCUT2D eigenvalue weighted by molar-refractivity contribution is 6.30. The van der Waals surface area contributed by atoms with Gasteiger partial charge in [-0.25, -0.2) is 0 Å². The zero-order valence-corrected chi connectivity index (χ0v) is 10.7. The molecule has 1 amide bonds. The van der Waals surface area contributed by atoms with Gasteiger partial charge in [0.1, 0.15) is 5.69 Å². The smallest absolute Gasteiger partial charge is 0.270 e. The molecule has 0 fully saturated rings. The lowest BCUT2D eigenvalue weighted by atomic mass is 10.1. The molecule has 0 radical (unpaired) electrons. The van der Waals surface area contributed by atoms with Crippen molar-refractivity contribution in [2.75, 3.05) is 0 Å². The quantitative estimate of drug-likeness (QED) is 0.921. The van der Waals surface area contributed by atoms with Crippen LogP contribution in [0.4, 0.5) is 0 Å². The number of aromatic nitrogens is 1. The molecule has 4 heteroatoms. The Kier molecular flexibility index (Phi) is 3.95. The molecule has 0 aliphatic rings. The van der Waals surface area contributed by atoms with Crippen molar-refractivity contribution in [2.24, 2.45) is 0 Å². The normalized spacial score (nSPS) is 11.9. The van der Waals surface area contributed by atoms with Crippen LogP contribution in [0.15, 0.2) is 48.7 Å². The van der Waals surface area contributed by atoms with Crippen molar-refractivity contribution in [3.63, 3.8) is 0 Å². The fourth-order valence-corrected chi connectivity index (χ4v) is 1.83. The van der Waals surface area contributed by atoms with Gasteiger partial charge < -0.3 is 5.32 Å². The number of benzene rings is 1. The number of amides is 1. The van der Waals surface area contributed by atoms with Gasteiger partial charge in [-0.2, -0.15) is 0 Å². The maximum Gasteiger partial charge on any atom is 0.270 e. The number of hydrogen-bond acceptors (Lipinski definition) is 2. The molecule has 0 bridgehead atoms. The molecular formula is C14H13ClN2O. The van der Waals surface area contributed by atoms with Crippen LogP contribution >= 0.6 is 11.6 Å². The number of carbonyl (C=O) groups is 1. The summed E-state index contributed by atoms with van der Waals surface area (Å²) in [7, 11) is 0. The molecule has 1 aromatic heterocycles. The molecule has 2 rings (SSSR count). The summed E-state index contributed by atoms with van der Waals surface area (Å²) in [5.41, 5.74) is 1.37. The van der Waals surface area contributed by atoms with Gasteiger partial charge in [-0.05, 0) is 36.8 Å². The van der Waals surface area contributed by atoms with Gasteiger partial charge in [-0.15, -0.1) is 0 Å². The number of rotatable bonds is 3. The summed E-state index contributed by atoms with van der Waals surface area (Å²) in [6.07, 6.45) is 1.60. The second-order valence-electron chi connectivity index (χ2n) is 3.97. The van der Waals surface area contributed by atoms with E-state index in [1.54, 1.807) is 30.5 Å². The van der Waals surface area contributed by atoms with Gasteiger partial charge in [0.2, 0.25) is 0 Å². The van der Waals surface area contributed by atoms with E-state index in [9.17, 15) is 4.79 Å². The summed E-state index contributed by atoms with van der Waals surface area (Å²) in [5, 5.41) is 3.54. The van der Waals surface area contributed by atoms with E-state index in [0.29, 0.717) is 10.7 Å². The third kappa shape index (κ3) is 3.08. The van der Waals surface area contributed by atoms with E-state index in [-0.39, 0.29) is 11.9 Å². The highest BCUT2D eigenvalue weighted by atomic mass is 35.5. The van der Waals surface area contributed by atoms with E-state index in [1.807, 2.05) is 25.1 Å². The molecule has 1 heterocycles. The third-order valence-corrected chi connectivity index (χ3v) is 2.83. The van der Waals surface area contributed by atoms with Crippen LogP contribution in [0.25, 0.3) is 0 Å². The maximum atomic E-state index is 11.9. The molecule has 18 heavy (non-hydrogen) atoms. The Hall–Kier alpha value is -1.87. The second kappa shape index (κ2) is 5.65. The number of hydrogen-bond donors (Lipinski definition) is 1. The van der Waals surface area contributed by atoms with Crippen molar-refractivity contribution < 1.29 is 4.79 Å². The van der Waals surface area contributed by atoms with Crippen LogP contribution < -0.4 is 5.32 Å². The summed E-state index contributed by atoms with van der Waals surface area (Å²) >= 11 is 5.92. The molecule has 3 nitrogen and oxygen atoms in total. The van der Waals surface area contributed by atoms with Crippen LogP contribution in [0, 0.1) is 0 Å². The molecule has 1 atom stereocenters. The van der Waals surface area contributed by atoms with Crippen molar-refractivity contribution in [3.05, 3.63) is 64.9 Å². The second-order valence-corrected chi connectivity index (χ2v) is 4.40. The molecule has 0 aliphatic carbocycles. The van der Waals surface area contributed by atoms with Crippen molar-refractivity contribution in [1.29, 1.82) is 0 Å². The molecule has 0 saturated heterocycles. The van der Waals surface area contributed by atoms with E-state index in [2.05, 4.69) is 10.3 Å². The molecule has 1 aromatic carbocycles. The number of pyridine rings is 1. The predicted molar refractivity (Wildman–Crippen MR) is 71.6 cm³/mol. The largest absolute Gasteiger partial charge is 0.344 e. The molecule has 0 unspecified atom stereocenters. The first-order chi connectivity index (χ1) is 8.66. The summed E-state index contributed by atoms with van der Waals surface area (Å²) in [5.74, 6) is -0.192. The monoisotopic (exact) mass is 260 g/mol. The Morgan fingerprint density at radius 2 is 2.11 bits per heavy atom. The fraction of sp³-hybridized carbons (Fsp3) is 0.143. The van der Waals surface area contributed by atoms with Crippen LogP contribution in [0.2, 0.25) is 5.02 Å². The van der Waals surface area contributed by atoms with E-state index < -0.39 is 0 Å². The van der Waals surface area contributed by atoms with Crippen molar-refractivity contribution in [3.8, 4) is 0 Å². The Morgan fingerprint density at radius 3 is 2.78 bits per heavy atom. The lowest BCUT2D eigenvalue weighted by Crippen LogP contribution is -2.27. The van der Waals surface area contributed by atoms with Crippen molar-refractivity contribution >= 4 is 17.5 Å². The molecule has 0 saturated carbocycles. The summed E-state index contributed by atoms with van der Waals surface area (Å²) in [6.45, 7) is 1.91. The van der Waals surface area contributed by atoms with Crippen LogP contribution in [0.1, 0.15) is 29.0 Å². The molecule has 0 aliphatic heterocycles. The molecule has 2 aromatic rings. The molecule has 92 valence electrons. The lowest BCUT2D eigenvalue weighted by Gasteiger charge is -2.14. The van der Waals surface area contributed by atoms with Crippen LogP contribution in [0.3, 0.4) is 0 Å². The zero-order valence-electron chi connectivity index (χ0n) is 9.93. The first-order valence-electron chi connectivity index (χ1n) is 5.64. The fourth-order valence-electron chi connectivity index (χ4n) is 1.63. The Morgan fingerprint density at radius 1 is 1.28 bits per heavy atom. The minimum absolute atomic E-state index is 0.113. The average Bonchev–Trinajstić information content (AvgIpc) is 2.39. The van der Waals surface area contributed by atoms with Crippen molar-refractivity contribution in [1.82, 2.24) is 10.3 Å². The van der Waals surface area contributed by atoms with E-state index in [0.717, 1.165) is 5.56 Å². The highest BCUT2D eigenvalue weighted by Crippen LogP contribution is 2.17. The Balaban J connectivity index is 2.08. The van der Waals surface area contributed by atoms with Gasteiger partial charge in [-0.1, -0.05) is 29.8 Å². The first kappa shape index (κ1) is 12.6. The van der Waals surface area contributed by atoms with Crippen LogP contribution in [-0.2, 0) is 0 Å². The number of nitrogens with one attached hydrogen (secondary N) is 1. The Labute approximate surface area is 111 Å². The van der Waals surface area contributed by atoms with Crippen LogP contribution in [0.5, 0.6) is 0 Å². The summed E-state index contributed by atoms with van der Waals surface area (Å²) in [4.78, 5) is 15.9. The standard InChI is InChI=1S/C14H13ClN2O/c1-10(11-5-4-6-12(15)9-11)17-14(18)13-7-2-3-8-16-13/h2-10H,1H3,(H,17,18)/t10-/m1/s1. The number of nitrogens with zero attached hydrogens (tertiary/aromatic N) is 1. The SMILES string of the molecule is C[C@@H](NC(=O)c1ccccn1)c1cccc(Cl)c1. The van der Waals surface area contributed by atoms with Gasteiger partial charge >= 0.3 is 0 Å². The van der Waals surface area contributed by atoms with Gasteiger partial charge in [0.25, 0.3) is 5.91 Å².